The molecule has 2 aliphatic heterocycles. The molecule has 2 aromatic heterocycles. The zero-order valence-corrected chi connectivity index (χ0v) is 35.7. The van der Waals surface area contributed by atoms with Crippen LogP contribution in [-0.4, -0.2) is 24.8 Å². The molecule has 7 aromatic rings. The molecule has 0 unspecified atom stereocenters. The van der Waals surface area contributed by atoms with Crippen LogP contribution in [0.4, 0.5) is 34.1 Å². The number of para-hydroxylation sites is 2. The molecule has 0 saturated carbocycles. The maximum atomic E-state index is 4.90. The van der Waals surface area contributed by atoms with Crippen LogP contribution in [0.25, 0.3) is 22.5 Å². The Labute approximate surface area is 340 Å². The Morgan fingerprint density at radius 2 is 0.877 bits per heavy atom. The highest BCUT2D eigenvalue weighted by atomic mass is 28.3. The zero-order valence-electron chi connectivity index (χ0n) is 34.7. The van der Waals surface area contributed by atoms with Crippen LogP contribution >= 0.6 is 0 Å². The molecule has 9 rings (SSSR count). The molecule has 282 valence electrons. The summed E-state index contributed by atoms with van der Waals surface area (Å²) in [4.78, 5) is 15.0. The SMILES string of the molecule is CC(C)(C)c1ccc2c(c1)N(c1ccccc1-c1ccccn1)c1cc([Si](C)(C)C)cc3c1B2c1ccc(C(C)(C)C)cc1N3c1ccccc1-c1ccccn1. The second-order valence-electron chi connectivity index (χ2n) is 18.8. The van der Waals surface area contributed by atoms with Gasteiger partial charge < -0.3 is 9.80 Å². The van der Waals surface area contributed by atoms with Crippen LogP contribution in [0.2, 0.25) is 19.6 Å². The van der Waals surface area contributed by atoms with Gasteiger partial charge in [-0.05, 0) is 99.0 Å². The third-order valence-electron chi connectivity index (χ3n) is 11.8. The fourth-order valence-corrected chi connectivity index (χ4v) is 9.83. The van der Waals surface area contributed by atoms with Gasteiger partial charge in [-0.3, -0.25) is 9.97 Å². The fraction of sp³-hybridized carbons (Fsp3) is 0.216. The van der Waals surface area contributed by atoms with E-state index in [2.05, 4.69) is 192 Å². The van der Waals surface area contributed by atoms with Crippen LogP contribution in [0.5, 0.6) is 0 Å². The number of nitrogens with zero attached hydrogens (tertiary/aromatic N) is 4. The summed E-state index contributed by atoms with van der Waals surface area (Å²) >= 11 is 0. The van der Waals surface area contributed by atoms with Crippen molar-refractivity contribution >= 4 is 70.5 Å². The summed E-state index contributed by atoms with van der Waals surface area (Å²) < 4.78 is 0. The van der Waals surface area contributed by atoms with Gasteiger partial charge in [0.25, 0.3) is 6.71 Å². The molecule has 0 amide bonds. The molecule has 5 aromatic carbocycles. The van der Waals surface area contributed by atoms with Crippen molar-refractivity contribution in [2.24, 2.45) is 0 Å². The van der Waals surface area contributed by atoms with Crippen molar-refractivity contribution in [3.8, 4) is 22.5 Å². The van der Waals surface area contributed by atoms with Crippen molar-refractivity contribution in [3.05, 3.63) is 157 Å². The third kappa shape index (κ3) is 6.31. The highest BCUT2D eigenvalue weighted by Gasteiger charge is 2.45. The van der Waals surface area contributed by atoms with Crippen molar-refractivity contribution in [1.29, 1.82) is 0 Å². The molecule has 0 fully saturated rings. The van der Waals surface area contributed by atoms with Crippen molar-refractivity contribution < 1.29 is 0 Å². The molecule has 0 atom stereocenters. The lowest BCUT2D eigenvalue weighted by Crippen LogP contribution is -2.62. The highest BCUT2D eigenvalue weighted by molar-refractivity contribution is 7.00. The largest absolute Gasteiger partial charge is 0.311 e. The quantitative estimate of drug-likeness (QED) is 0.164. The van der Waals surface area contributed by atoms with E-state index in [0.717, 1.165) is 33.9 Å². The molecule has 0 radical (unpaired) electrons. The lowest BCUT2D eigenvalue weighted by molar-refractivity contribution is 0.590. The summed E-state index contributed by atoms with van der Waals surface area (Å²) in [7, 11) is -1.90. The summed E-state index contributed by atoms with van der Waals surface area (Å²) in [6.07, 6.45) is 3.80. The van der Waals surface area contributed by atoms with Crippen LogP contribution in [0.1, 0.15) is 52.7 Å². The van der Waals surface area contributed by atoms with Gasteiger partial charge >= 0.3 is 0 Å². The average molecular weight is 759 g/mol. The fourth-order valence-electron chi connectivity index (χ4n) is 8.69. The van der Waals surface area contributed by atoms with E-state index in [0.29, 0.717) is 0 Å². The molecule has 0 aliphatic carbocycles. The minimum atomic E-state index is -1.90. The van der Waals surface area contributed by atoms with Gasteiger partial charge in [0.1, 0.15) is 0 Å². The number of hydrogen-bond acceptors (Lipinski definition) is 4. The molecule has 0 spiro atoms. The lowest BCUT2D eigenvalue weighted by Gasteiger charge is -2.46. The Morgan fingerprint density at radius 1 is 0.456 bits per heavy atom. The summed E-state index contributed by atoms with van der Waals surface area (Å²) in [5, 5.41) is 1.42. The Hall–Kier alpha value is -5.72. The lowest BCUT2D eigenvalue weighted by atomic mass is 9.33. The monoisotopic (exact) mass is 758 g/mol. The van der Waals surface area contributed by atoms with Gasteiger partial charge in [0.05, 0.1) is 30.8 Å². The first-order valence-electron chi connectivity index (χ1n) is 20.3. The van der Waals surface area contributed by atoms with E-state index >= 15 is 0 Å². The highest BCUT2D eigenvalue weighted by Crippen LogP contribution is 2.48. The van der Waals surface area contributed by atoms with Crippen molar-refractivity contribution in [2.45, 2.75) is 72.0 Å². The maximum Gasteiger partial charge on any atom is 0.252 e. The van der Waals surface area contributed by atoms with E-state index < -0.39 is 8.07 Å². The van der Waals surface area contributed by atoms with Crippen LogP contribution in [-0.2, 0) is 10.8 Å². The Balaban J connectivity index is 1.44. The van der Waals surface area contributed by atoms with E-state index in [4.69, 9.17) is 9.97 Å². The molecule has 4 heterocycles. The third-order valence-corrected chi connectivity index (χ3v) is 13.9. The molecule has 0 saturated heterocycles. The van der Waals surface area contributed by atoms with Crippen LogP contribution in [0, 0.1) is 0 Å². The molecule has 6 heteroatoms. The first-order valence-corrected chi connectivity index (χ1v) is 23.8. The minimum absolute atomic E-state index is 0.0234. The summed E-state index contributed by atoms with van der Waals surface area (Å²) in [5.41, 5.74) is 17.9. The second kappa shape index (κ2) is 13.5. The van der Waals surface area contributed by atoms with Crippen LogP contribution in [0.3, 0.4) is 0 Å². The molecule has 0 N–H and O–H groups in total. The number of aromatic nitrogens is 2. The normalized spacial score (nSPS) is 13.6. The van der Waals surface area contributed by atoms with Crippen molar-refractivity contribution in [3.63, 3.8) is 0 Å². The van der Waals surface area contributed by atoms with E-state index in [1.807, 2.05) is 24.5 Å². The first-order chi connectivity index (χ1) is 27.2. The van der Waals surface area contributed by atoms with Crippen LogP contribution in [0.15, 0.2) is 146 Å². The van der Waals surface area contributed by atoms with Crippen molar-refractivity contribution in [2.75, 3.05) is 9.80 Å². The van der Waals surface area contributed by atoms with Crippen molar-refractivity contribution in [1.82, 2.24) is 9.97 Å². The maximum absolute atomic E-state index is 4.90. The molecular formula is C51H51BN4Si. The molecule has 0 bridgehead atoms. The van der Waals surface area contributed by atoms with E-state index in [1.165, 1.54) is 55.5 Å². The number of benzene rings is 5. The topological polar surface area (TPSA) is 32.3 Å². The summed E-state index contributed by atoms with van der Waals surface area (Å²) in [6.45, 7) is 21.4. The number of pyridine rings is 2. The Bertz CT molecular complexity index is 2480. The minimum Gasteiger partial charge on any atom is -0.311 e. The van der Waals surface area contributed by atoms with Gasteiger partial charge in [0.2, 0.25) is 0 Å². The molecular weight excluding hydrogens is 707 g/mol. The summed E-state index contributed by atoms with van der Waals surface area (Å²) in [6, 6.07) is 49.7. The number of hydrogen-bond donors (Lipinski definition) is 0. The predicted octanol–water partition coefficient (Wildman–Crippen LogP) is 11.0. The first kappa shape index (κ1) is 36.9. The standard InChI is InChI=1S/C51H51BN4Si/c1-50(2,3)34-24-26-39-45(30-34)55(43-22-12-10-18-37(43)41-20-14-16-28-53-41)47-32-36(57(7,8)9)33-48-49(47)52(39)40-27-25-35(51(4,5)6)31-46(40)56(48)44-23-13-11-19-38(44)42-21-15-17-29-54-42/h10-33H,1-9H3. The van der Waals surface area contributed by atoms with E-state index in [9.17, 15) is 0 Å². The molecule has 57 heavy (non-hydrogen) atoms. The second-order valence-corrected chi connectivity index (χ2v) is 23.9. The van der Waals surface area contributed by atoms with Crippen LogP contribution < -0.4 is 31.4 Å². The van der Waals surface area contributed by atoms with Gasteiger partial charge in [-0.2, -0.15) is 0 Å². The molecule has 4 nitrogen and oxygen atoms in total. The van der Waals surface area contributed by atoms with Gasteiger partial charge in [-0.1, -0.05) is 139 Å². The smallest absolute Gasteiger partial charge is 0.252 e. The van der Waals surface area contributed by atoms with Gasteiger partial charge in [-0.15, -0.1) is 0 Å². The van der Waals surface area contributed by atoms with E-state index in [1.54, 1.807) is 0 Å². The average Bonchev–Trinajstić information content (AvgIpc) is 3.20. The number of rotatable bonds is 5. The van der Waals surface area contributed by atoms with Gasteiger partial charge in [-0.25, -0.2) is 0 Å². The predicted molar refractivity (Wildman–Crippen MR) is 247 cm³/mol. The van der Waals surface area contributed by atoms with E-state index in [-0.39, 0.29) is 17.5 Å². The Morgan fingerprint density at radius 3 is 1.26 bits per heavy atom. The number of fused-ring (bicyclic) bond motifs is 4. The summed E-state index contributed by atoms with van der Waals surface area (Å²) in [5.74, 6) is 0. The van der Waals surface area contributed by atoms with Gasteiger partial charge in [0.15, 0.2) is 0 Å². The van der Waals surface area contributed by atoms with Gasteiger partial charge in [0, 0.05) is 46.3 Å². The zero-order chi connectivity index (χ0) is 39.9. The Kier molecular flexibility index (Phi) is 8.71. The molecule has 2 aliphatic rings. The number of anilines is 6.